The van der Waals surface area contributed by atoms with Gasteiger partial charge in [-0.1, -0.05) is 6.42 Å². The number of hydrogen-bond donors (Lipinski definition) is 2. The van der Waals surface area contributed by atoms with E-state index in [1.54, 1.807) is 0 Å². The highest BCUT2D eigenvalue weighted by molar-refractivity contribution is 9.10. The molecule has 2 atom stereocenters. The lowest BCUT2D eigenvalue weighted by Gasteiger charge is -2.19. The molecule has 1 aliphatic carbocycles. The van der Waals surface area contributed by atoms with Gasteiger partial charge < -0.3 is 5.73 Å². The van der Waals surface area contributed by atoms with Gasteiger partial charge in [0.05, 0.1) is 9.37 Å². The number of rotatable bonds is 4. The summed E-state index contributed by atoms with van der Waals surface area (Å²) in [4.78, 5) is -0.0594. The van der Waals surface area contributed by atoms with Gasteiger partial charge in [0.25, 0.3) is 0 Å². The van der Waals surface area contributed by atoms with Gasteiger partial charge >= 0.3 is 0 Å². The third-order valence-corrected chi connectivity index (χ3v) is 5.60. The van der Waals surface area contributed by atoms with Gasteiger partial charge in [-0.05, 0) is 59.4 Å². The fourth-order valence-corrected chi connectivity index (χ4v) is 3.98. The summed E-state index contributed by atoms with van der Waals surface area (Å²) in [5.74, 6) is -0.431. The van der Waals surface area contributed by atoms with Gasteiger partial charge in [0.15, 0.2) is 0 Å². The van der Waals surface area contributed by atoms with E-state index in [-0.39, 0.29) is 33.7 Å². The van der Waals surface area contributed by atoms with E-state index >= 15 is 0 Å². The Bertz CT molecular complexity index is 571. The molecule has 4 nitrogen and oxygen atoms in total. The molecule has 1 aromatic rings. The first kappa shape index (κ1) is 17.8. The highest BCUT2D eigenvalue weighted by Gasteiger charge is 2.30. The maximum atomic E-state index is 13.4. The molecule has 1 aliphatic rings. The van der Waals surface area contributed by atoms with Crippen molar-refractivity contribution >= 4 is 38.4 Å². The SMILES string of the molecule is Cl.NCC1CCCC1NS(=O)(=O)c1ccc(Br)c(F)c1. The van der Waals surface area contributed by atoms with Crippen molar-refractivity contribution in [3.8, 4) is 0 Å². The Morgan fingerprint density at radius 1 is 1.40 bits per heavy atom. The zero-order valence-corrected chi connectivity index (χ0v) is 13.9. The Hall–Kier alpha value is -0.210. The molecule has 0 amide bonds. The average Bonchev–Trinajstić information content (AvgIpc) is 2.79. The Morgan fingerprint density at radius 2 is 2.10 bits per heavy atom. The molecule has 0 saturated heterocycles. The second-order valence-electron chi connectivity index (χ2n) is 4.73. The summed E-state index contributed by atoms with van der Waals surface area (Å²) < 4.78 is 40.6. The number of nitrogens with one attached hydrogen (secondary N) is 1. The maximum Gasteiger partial charge on any atom is 0.240 e. The Labute approximate surface area is 132 Å². The summed E-state index contributed by atoms with van der Waals surface area (Å²) in [6, 6.07) is 3.63. The monoisotopic (exact) mass is 386 g/mol. The molecule has 2 rings (SSSR count). The van der Waals surface area contributed by atoms with E-state index in [0.29, 0.717) is 6.54 Å². The molecule has 0 bridgehead atoms. The predicted molar refractivity (Wildman–Crippen MR) is 81.9 cm³/mol. The van der Waals surface area contributed by atoms with Crippen molar-refractivity contribution in [3.63, 3.8) is 0 Å². The Balaban J connectivity index is 0.00000200. The molecule has 0 radical (unpaired) electrons. The van der Waals surface area contributed by atoms with Crippen molar-refractivity contribution < 1.29 is 12.8 Å². The molecular formula is C12H17BrClFN2O2S. The van der Waals surface area contributed by atoms with Crippen LogP contribution >= 0.6 is 28.3 Å². The summed E-state index contributed by atoms with van der Waals surface area (Å²) in [6.07, 6.45) is 2.67. The van der Waals surface area contributed by atoms with Crippen LogP contribution in [0.15, 0.2) is 27.6 Å². The van der Waals surface area contributed by atoms with Gasteiger partial charge in [0.2, 0.25) is 10.0 Å². The fraction of sp³-hybridized carbons (Fsp3) is 0.500. The highest BCUT2D eigenvalue weighted by Crippen LogP contribution is 2.27. The van der Waals surface area contributed by atoms with E-state index in [1.165, 1.54) is 12.1 Å². The summed E-state index contributed by atoms with van der Waals surface area (Å²) in [6.45, 7) is 0.460. The van der Waals surface area contributed by atoms with Crippen LogP contribution in [0.2, 0.25) is 0 Å². The van der Waals surface area contributed by atoms with Crippen molar-refractivity contribution in [1.82, 2.24) is 4.72 Å². The Kier molecular flexibility index (Phi) is 6.40. The van der Waals surface area contributed by atoms with Gasteiger partial charge in [-0.3, -0.25) is 0 Å². The molecule has 1 fully saturated rings. The van der Waals surface area contributed by atoms with Gasteiger partial charge in [-0.2, -0.15) is 0 Å². The van der Waals surface area contributed by atoms with Crippen LogP contribution < -0.4 is 10.5 Å². The predicted octanol–water partition coefficient (Wildman–Crippen LogP) is 2.42. The quantitative estimate of drug-likeness (QED) is 0.833. The molecule has 1 saturated carbocycles. The van der Waals surface area contributed by atoms with Crippen molar-refractivity contribution in [2.75, 3.05) is 6.54 Å². The second kappa shape index (κ2) is 7.17. The smallest absolute Gasteiger partial charge is 0.240 e. The van der Waals surface area contributed by atoms with E-state index < -0.39 is 15.8 Å². The lowest BCUT2D eigenvalue weighted by molar-refractivity contribution is 0.452. The van der Waals surface area contributed by atoms with Gasteiger partial charge in [-0.15, -0.1) is 12.4 Å². The molecule has 114 valence electrons. The molecule has 2 unspecified atom stereocenters. The molecule has 20 heavy (non-hydrogen) atoms. The highest BCUT2D eigenvalue weighted by atomic mass is 79.9. The van der Waals surface area contributed by atoms with Crippen molar-refractivity contribution in [2.24, 2.45) is 11.7 Å². The van der Waals surface area contributed by atoms with Gasteiger partial charge in [0.1, 0.15) is 5.82 Å². The maximum absolute atomic E-state index is 13.4. The molecule has 0 aromatic heterocycles. The average molecular weight is 388 g/mol. The van der Waals surface area contributed by atoms with Crippen LogP contribution in [-0.4, -0.2) is 21.0 Å². The first-order valence-corrected chi connectivity index (χ1v) is 8.39. The van der Waals surface area contributed by atoms with Crippen LogP contribution in [0.5, 0.6) is 0 Å². The number of halogens is 3. The van der Waals surface area contributed by atoms with Crippen LogP contribution in [0.25, 0.3) is 0 Å². The van der Waals surface area contributed by atoms with E-state index in [4.69, 9.17) is 5.73 Å². The first-order valence-electron chi connectivity index (χ1n) is 6.11. The lowest BCUT2D eigenvalue weighted by Crippen LogP contribution is -2.39. The number of nitrogens with two attached hydrogens (primary N) is 1. The molecule has 0 heterocycles. The zero-order chi connectivity index (χ0) is 14.0. The van der Waals surface area contributed by atoms with Crippen LogP contribution in [0.3, 0.4) is 0 Å². The minimum Gasteiger partial charge on any atom is -0.330 e. The topological polar surface area (TPSA) is 72.2 Å². The van der Waals surface area contributed by atoms with E-state index in [1.807, 2.05) is 0 Å². The van der Waals surface area contributed by atoms with E-state index in [0.717, 1.165) is 25.3 Å². The van der Waals surface area contributed by atoms with Gasteiger partial charge in [0, 0.05) is 6.04 Å². The summed E-state index contributed by atoms with van der Waals surface area (Å²) >= 11 is 3.00. The van der Waals surface area contributed by atoms with E-state index in [9.17, 15) is 12.8 Å². The summed E-state index contributed by atoms with van der Waals surface area (Å²) in [7, 11) is -3.69. The first-order chi connectivity index (χ1) is 8.94. The minimum absolute atomic E-state index is 0. The lowest BCUT2D eigenvalue weighted by atomic mass is 10.1. The third-order valence-electron chi connectivity index (χ3n) is 3.47. The summed E-state index contributed by atoms with van der Waals surface area (Å²) in [5, 5.41) is 0. The number of benzene rings is 1. The summed E-state index contributed by atoms with van der Waals surface area (Å²) in [5.41, 5.74) is 5.62. The van der Waals surface area contributed by atoms with Gasteiger partial charge in [-0.25, -0.2) is 17.5 Å². The molecule has 3 N–H and O–H groups in total. The normalized spacial score (nSPS) is 22.6. The van der Waals surface area contributed by atoms with Crippen molar-refractivity contribution in [2.45, 2.75) is 30.2 Å². The molecule has 8 heteroatoms. The minimum atomic E-state index is -3.69. The molecule has 1 aromatic carbocycles. The van der Waals surface area contributed by atoms with Crippen LogP contribution in [0, 0.1) is 11.7 Å². The second-order valence-corrected chi connectivity index (χ2v) is 7.30. The third kappa shape index (κ3) is 3.92. The fourth-order valence-electron chi connectivity index (χ4n) is 2.39. The molecule has 0 spiro atoms. The standard InChI is InChI=1S/C12H16BrFN2O2S.ClH/c13-10-5-4-9(6-11(10)14)19(17,18)16-12-3-1-2-8(12)7-15;/h4-6,8,12,16H,1-3,7,15H2;1H. The van der Waals surface area contributed by atoms with E-state index in [2.05, 4.69) is 20.7 Å². The zero-order valence-electron chi connectivity index (χ0n) is 10.7. The van der Waals surface area contributed by atoms with Crippen molar-refractivity contribution in [1.29, 1.82) is 0 Å². The Morgan fingerprint density at radius 3 is 2.70 bits per heavy atom. The van der Waals surface area contributed by atoms with Crippen molar-refractivity contribution in [3.05, 3.63) is 28.5 Å². The number of sulfonamides is 1. The largest absolute Gasteiger partial charge is 0.330 e. The number of hydrogen-bond acceptors (Lipinski definition) is 3. The van der Waals surface area contributed by atoms with Crippen LogP contribution in [-0.2, 0) is 10.0 Å². The van der Waals surface area contributed by atoms with Crippen LogP contribution in [0.1, 0.15) is 19.3 Å². The molecular weight excluding hydrogens is 371 g/mol. The van der Waals surface area contributed by atoms with Crippen LogP contribution in [0.4, 0.5) is 4.39 Å². The molecule has 0 aliphatic heterocycles.